The van der Waals surface area contributed by atoms with Gasteiger partial charge >= 0.3 is 0 Å². The molecule has 0 saturated heterocycles. The van der Waals surface area contributed by atoms with Crippen LogP contribution >= 0.6 is 22.7 Å². The second kappa shape index (κ2) is 10.8. The molecule has 8 aromatic carbocycles. The largest absolute Gasteiger partial charge is 0.456 e. The van der Waals surface area contributed by atoms with Crippen molar-refractivity contribution in [3.8, 4) is 11.1 Å². The lowest BCUT2D eigenvalue weighted by Gasteiger charge is -2.26. The summed E-state index contributed by atoms with van der Waals surface area (Å²) < 4.78 is 11.5. The Labute approximate surface area is 295 Å². The van der Waals surface area contributed by atoms with Gasteiger partial charge in [0.2, 0.25) is 0 Å². The predicted octanol–water partition coefficient (Wildman–Crippen LogP) is 14.6. The summed E-state index contributed by atoms with van der Waals surface area (Å²) in [5, 5.41) is 9.98. The van der Waals surface area contributed by atoms with Crippen molar-refractivity contribution >= 4 is 113 Å². The standard InChI is InChI=1S/C46H27NOS2/c1-4-10-40-37(9-1)46-38-25-30(14-13-29(38)17-23-41(46)48-40)28-15-18-31(19-16-28)47(32-21-24-44-39(26-32)35-8-3-6-12-43(35)49-44)33-20-22-36-34-7-2-5-11-42(34)50-45(36)27-33/h1-27H. The molecule has 11 rings (SSSR count). The minimum Gasteiger partial charge on any atom is -0.456 e. The molecule has 0 amide bonds. The maximum Gasteiger partial charge on any atom is 0.136 e. The van der Waals surface area contributed by atoms with Crippen molar-refractivity contribution in [3.63, 3.8) is 0 Å². The van der Waals surface area contributed by atoms with Crippen LogP contribution in [0.3, 0.4) is 0 Å². The molecule has 50 heavy (non-hydrogen) atoms. The van der Waals surface area contributed by atoms with Gasteiger partial charge in [-0.2, -0.15) is 0 Å². The number of anilines is 3. The third-order valence-electron chi connectivity index (χ3n) is 10.1. The van der Waals surface area contributed by atoms with Gasteiger partial charge < -0.3 is 9.32 Å². The maximum absolute atomic E-state index is 6.22. The summed E-state index contributed by atoms with van der Waals surface area (Å²) in [7, 11) is 0. The first-order valence-electron chi connectivity index (χ1n) is 16.8. The van der Waals surface area contributed by atoms with E-state index in [0.717, 1.165) is 33.6 Å². The van der Waals surface area contributed by atoms with Crippen molar-refractivity contribution in [1.29, 1.82) is 0 Å². The van der Waals surface area contributed by atoms with Crippen molar-refractivity contribution in [1.82, 2.24) is 0 Å². The van der Waals surface area contributed by atoms with Gasteiger partial charge in [-0.15, -0.1) is 22.7 Å². The maximum atomic E-state index is 6.22. The molecule has 0 saturated carbocycles. The molecule has 0 spiro atoms. The van der Waals surface area contributed by atoms with Gasteiger partial charge in [-0.1, -0.05) is 91.0 Å². The number of rotatable bonds is 4. The first kappa shape index (κ1) is 28.0. The summed E-state index contributed by atoms with van der Waals surface area (Å²) in [6, 6.07) is 59.7. The highest BCUT2D eigenvalue weighted by Crippen LogP contribution is 2.44. The third-order valence-corrected chi connectivity index (χ3v) is 12.3. The van der Waals surface area contributed by atoms with Crippen molar-refractivity contribution in [2.24, 2.45) is 0 Å². The van der Waals surface area contributed by atoms with Crippen molar-refractivity contribution in [3.05, 3.63) is 164 Å². The molecule has 0 aliphatic heterocycles. The van der Waals surface area contributed by atoms with E-state index < -0.39 is 0 Å². The summed E-state index contributed by atoms with van der Waals surface area (Å²) in [6.45, 7) is 0. The summed E-state index contributed by atoms with van der Waals surface area (Å²) in [5.41, 5.74) is 7.63. The zero-order chi connectivity index (χ0) is 32.8. The number of hydrogen-bond acceptors (Lipinski definition) is 4. The molecular formula is C46H27NOS2. The Bertz CT molecular complexity index is 3110. The fourth-order valence-corrected chi connectivity index (χ4v) is 9.91. The summed E-state index contributed by atoms with van der Waals surface area (Å²) >= 11 is 3.72. The molecule has 3 aromatic heterocycles. The normalized spacial score (nSPS) is 12.0. The van der Waals surface area contributed by atoms with E-state index in [9.17, 15) is 0 Å². The van der Waals surface area contributed by atoms with Crippen LogP contribution in [0.5, 0.6) is 0 Å². The van der Waals surface area contributed by atoms with Crippen LogP contribution in [0.25, 0.3) is 84.2 Å². The summed E-state index contributed by atoms with van der Waals surface area (Å²) in [4.78, 5) is 2.40. The minimum atomic E-state index is 0.923. The summed E-state index contributed by atoms with van der Waals surface area (Å²) in [6.07, 6.45) is 0. The molecule has 2 nitrogen and oxygen atoms in total. The lowest BCUT2D eigenvalue weighted by atomic mass is 9.98. The lowest BCUT2D eigenvalue weighted by molar-refractivity contribution is 0.669. The monoisotopic (exact) mass is 673 g/mol. The van der Waals surface area contributed by atoms with Crippen LogP contribution < -0.4 is 4.90 Å². The molecule has 0 aliphatic carbocycles. The quantitative estimate of drug-likeness (QED) is 0.185. The molecular weight excluding hydrogens is 647 g/mol. The number of furan rings is 1. The highest BCUT2D eigenvalue weighted by atomic mass is 32.1. The molecule has 0 radical (unpaired) electrons. The second-order valence-corrected chi connectivity index (χ2v) is 15.1. The molecule has 0 unspecified atom stereocenters. The zero-order valence-electron chi connectivity index (χ0n) is 26.8. The predicted molar refractivity (Wildman–Crippen MR) is 217 cm³/mol. The van der Waals surface area contributed by atoms with Crippen LogP contribution in [0.15, 0.2) is 168 Å². The molecule has 0 N–H and O–H groups in total. The Morgan fingerprint density at radius 2 is 0.960 bits per heavy atom. The van der Waals surface area contributed by atoms with Crippen molar-refractivity contribution in [2.75, 3.05) is 4.90 Å². The average molecular weight is 674 g/mol. The van der Waals surface area contributed by atoms with Gasteiger partial charge in [0.1, 0.15) is 11.2 Å². The highest BCUT2D eigenvalue weighted by Gasteiger charge is 2.17. The minimum absolute atomic E-state index is 0.923. The third kappa shape index (κ3) is 4.26. The lowest BCUT2D eigenvalue weighted by Crippen LogP contribution is -2.09. The van der Waals surface area contributed by atoms with Gasteiger partial charge in [-0.05, 0) is 94.7 Å². The number of nitrogens with zero attached hydrogens (tertiary/aromatic N) is 1. The number of hydrogen-bond donors (Lipinski definition) is 0. The molecule has 4 heteroatoms. The molecule has 0 bridgehead atoms. The Hall–Kier alpha value is -5.94. The SMILES string of the molecule is c1ccc2c(c1)oc1ccc3ccc(-c4ccc(N(c5ccc6c(c5)sc5ccccc56)c5ccc6sc7ccccc7c6c5)cc4)cc3c12. The van der Waals surface area contributed by atoms with Gasteiger partial charge in [-0.3, -0.25) is 0 Å². The van der Waals surface area contributed by atoms with E-state index in [1.165, 1.54) is 67.6 Å². The number of para-hydroxylation sites is 1. The van der Waals surface area contributed by atoms with E-state index in [1.54, 1.807) is 0 Å². The Kier molecular flexibility index (Phi) is 6.03. The fraction of sp³-hybridized carbons (Fsp3) is 0. The van der Waals surface area contributed by atoms with Gasteiger partial charge in [0.05, 0.1) is 0 Å². The van der Waals surface area contributed by atoms with Gasteiger partial charge in [0.25, 0.3) is 0 Å². The molecule has 0 aliphatic rings. The highest BCUT2D eigenvalue weighted by molar-refractivity contribution is 7.26. The zero-order valence-corrected chi connectivity index (χ0v) is 28.4. The van der Waals surface area contributed by atoms with E-state index in [4.69, 9.17) is 4.42 Å². The van der Waals surface area contributed by atoms with E-state index in [2.05, 4.69) is 157 Å². The number of fused-ring (bicyclic) bond motifs is 11. The van der Waals surface area contributed by atoms with Crippen LogP contribution in [0, 0.1) is 0 Å². The molecule has 0 fully saturated rings. The molecule has 3 heterocycles. The van der Waals surface area contributed by atoms with Crippen LogP contribution in [0.1, 0.15) is 0 Å². The van der Waals surface area contributed by atoms with E-state index in [1.807, 2.05) is 34.8 Å². The number of benzene rings is 8. The van der Waals surface area contributed by atoms with Gasteiger partial charge in [0, 0.05) is 68.2 Å². The van der Waals surface area contributed by atoms with E-state index in [-0.39, 0.29) is 0 Å². The Morgan fingerprint density at radius 3 is 1.80 bits per heavy atom. The average Bonchev–Trinajstić information content (AvgIpc) is 3.86. The van der Waals surface area contributed by atoms with Gasteiger partial charge in [0.15, 0.2) is 0 Å². The second-order valence-electron chi connectivity index (χ2n) is 12.9. The number of thiophene rings is 2. The topological polar surface area (TPSA) is 16.4 Å². The Balaban J connectivity index is 1.06. The van der Waals surface area contributed by atoms with E-state index >= 15 is 0 Å². The van der Waals surface area contributed by atoms with Crippen molar-refractivity contribution < 1.29 is 4.42 Å². The first-order chi connectivity index (χ1) is 24.7. The van der Waals surface area contributed by atoms with Crippen LogP contribution in [0.4, 0.5) is 17.1 Å². The van der Waals surface area contributed by atoms with Crippen LogP contribution in [0.2, 0.25) is 0 Å². The smallest absolute Gasteiger partial charge is 0.136 e. The molecule has 0 atom stereocenters. The first-order valence-corrected chi connectivity index (χ1v) is 18.5. The molecule has 234 valence electrons. The van der Waals surface area contributed by atoms with Gasteiger partial charge in [-0.25, -0.2) is 0 Å². The van der Waals surface area contributed by atoms with E-state index in [0.29, 0.717) is 0 Å². The van der Waals surface area contributed by atoms with Crippen LogP contribution in [-0.4, -0.2) is 0 Å². The fourth-order valence-electron chi connectivity index (χ4n) is 7.68. The van der Waals surface area contributed by atoms with Crippen molar-refractivity contribution in [2.45, 2.75) is 0 Å². The Morgan fingerprint density at radius 1 is 0.360 bits per heavy atom. The van der Waals surface area contributed by atoms with Crippen LogP contribution in [-0.2, 0) is 0 Å². The molecule has 11 aromatic rings. The summed E-state index contributed by atoms with van der Waals surface area (Å²) in [5.74, 6) is 0.